The third-order valence-electron chi connectivity index (χ3n) is 3.34. The molecule has 0 bridgehead atoms. The minimum absolute atomic E-state index is 0.143. The van der Waals surface area contributed by atoms with Crippen LogP contribution in [0.25, 0.3) is 0 Å². The van der Waals surface area contributed by atoms with Crippen molar-refractivity contribution in [2.24, 2.45) is 0 Å². The molecule has 15 heavy (non-hydrogen) atoms. The highest BCUT2D eigenvalue weighted by Crippen LogP contribution is 2.61. The fraction of sp³-hybridized carbons (Fsp3) is 0.364. The Labute approximate surface area is 86.1 Å². The highest BCUT2D eigenvalue weighted by molar-refractivity contribution is 5.79. The lowest BCUT2D eigenvalue weighted by atomic mass is 9.87. The number of aliphatic carboxylic acids is 1. The molecular weight excluding hydrogens is 197 g/mol. The van der Waals surface area contributed by atoms with Crippen LogP contribution in [0, 0.1) is 5.82 Å². The molecule has 1 aromatic carbocycles. The van der Waals surface area contributed by atoms with E-state index in [0.717, 1.165) is 17.8 Å². The summed E-state index contributed by atoms with van der Waals surface area (Å²) in [6.07, 6.45) is 0.727. The molecule has 1 aromatic rings. The number of carboxylic acid groups (broad SMARTS) is 1. The third kappa shape index (κ3) is 1.02. The van der Waals surface area contributed by atoms with Gasteiger partial charge in [-0.1, -0.05) is 0 Å². The standard InChI is InChI=1S/C11H10FNO2/c12-7-1-2-9-8(5-7)11(6-13(9)11)4-3-10(14)15/h1-2,5H,3-4,6H2,(H,14,15). The van der Waals surface area contributed by atoms with Crippen LogP contribution in [0.2, 0.25) is 0 Å². The van der Waals surface area contributed by atoms with E-state index in [2.05, 4.69) is 4.90 Å². The number of nitrogens with zero attached hydrogens (tertiary/aromatic N) is 1. The molecule has 0 spiro atoms. The maximum Gasteiger partial charge on any atom is 0.303 e. The molecule has 1 atom stereocenters. The Morgan fingerprint density at radius 1 is 1.60 bits per heavy atom. The molecule has 4 heteroatoms. The van der Waals surface area contributed by atoms with E-state index in [-0.39, 0.29) is 17.8 Å². The Balaban J connectivity index is 1.85. The first-order chi connectivity index (χ1) is 7.13. The van der Waals surface area contributed by atoms with Gasteiger partial charge in [-0.05, 0) is 24.6 Å². The minimum Gasteiger partial charge on any atom is -0.481 e. The van der Waals surface area contributed by atoms with Crippen molar-refractivity contribution < 1.29 is 14.3 Å². The first-order valence-electron chi connectivity index (χ1n) is 4.93. The van der Waals surface area contributed by atoms with E-state index in [9.17, 15) is 9.18 Å². The fourth-order valence-electron chi connectivity index (χ4n) is 2.50. The van der Waals surface area contributed by atoms with Gasteiger partial charge in [0.1, 0.15) is 5.82 Å². The first kappa shape index (κ1) is 8.71. The Morgan fingerprint density at radius 3 is 3.13 bits per heavy atom. The molecule has 0 aromatic heterocycles. The largest absolute Gasteiger partial charge is 0.481 e. The number of benzene rings is 1. The Bertz CT molecular complexity index is 460. The average Bonchev–Trinajstić information content (AvgIpc) is 2.83. The quantitative estimate of drug-likeness (QED) is 0.767. The van der Waals surface area contributed by atoms with Crippen LogP contribution < -0.4 is 4.90 Å². The van der Waals surface area contributed by atoms with E-state index in [4.69, 9.17) is 5.11 Å². The zero-order chi connectivity index (χ0) is 10.6. The normalized spacial score (nSPS) is 25.3. The monoisotopic (exact) mass is 207 g/mol. The van der Waals surface area contributed by atoms with Crippen molar-refractivity contribution in [2.45, 2.75) is 18.4 Å². The molecule has 1 unspecified atom stereocenters. The molecule has 1 N–H and O–H groups in total. The second-order valence-electron chi connectivity index (χ2n) is 4.17. The van der Waals surface area contributed by atoms with Crippen molar-refractivity contribution in [1.82, 2.24) is 0 Å². The van der Waals surface area contributed by atoms with Gasteiger partial charge in [0.15, 0.2) is 0 Å². The zero-order valence-electron chi connectivity index (χ0n) is 8.03. The topological polar surface area (TPSA) is 40.3 Å². The lowest BCUT2D eigenvalue weighted by Gasteiger charge is -2.31. The summed E-state index contributed by atoms with van der Waals surface area (Å²) in [5.74, 6) is -1.03. The highest BCUT2D eigenvalue weighted by atomic mass is 19.1. The highest BCUT2D eigenvalue weighted by Gasteiger charge is 2.62. The zero-order valence-corrected chi connectivity index (χ0v) is 8.03. The second-order valence-corrected chi connectivity index (χ2v) is 4.17. The van der Waals surface area contributed by atoms with Crippen molar-refractivity contribution in [2.75, 3.05) is 11.4 Å². The van der Waals surface area contributed by atoms with Gasteiger partial charge < -0.3 is 10.0 Å². The molecule has 0 saturated carbocycles. The lowest BCUT2D eigenvalue weighted by molar-refractivity contribution is -0.137. The molecule has 2 aliphatic heterocycles. The summed E-state index contributed by atoms with van der Waals surface area (Å²) < 4.78 is 13.0. The molecule has 3 nitrogen and oxygen atoms in total. The maximum atomic E-state index is 13.0. The second kappa shape index (κ2) is 2.51. The number of anilines is 1. The van der Waals surface area contributed by atoms with Gasteiger partial charge in [-0.3, -0.25) is 4.79 Å². The van der Waals surface area contributed by atoms with Crippen LogP contribution in [0.3, 0.4) is 0 Å². The number of hydrogen-bond donors (Lipinski definition) is 1. The van der Waals surface area contributed by atoms with Crippen molar-refractivity contribution in [3.05, 3.63) is 29.6 Å². The third-order valence-corrected chi connectivity index (χ3v) is 3.34. The summed E-state index contributed by atoms with van der Waals surface area (Å²) >= 11 is 0. The molecule has 1 saturated heterocycles. The molecule has 2 heterocycles. The smallest absolute Gasteiger partial charge is 0.303 e. The van der Waals surface area contributed by atoms with Gasteiger partial charge in [0, 0.05) is 24.2 Å². The van der Waals surface area contributed by atoms with Crippen LogP contribution in [0.15, 0.2) is 18.2 Å². The molecular formula is C11H10FNO2. The van der Waals surface area contributed by atoms with E-state index in [0.29, 0.717) is 6.42 Å². The Morgan fingerprint density at radius 2 is 2.40 bits per heavy atom. The Kier molecular flexibility index (Phi) is 1.45. The van der Waals surface area contributed by atoms with E-state index in [1.165, 1.54) is 12.1 Å². The van der Waals surface area contributed by atoms with Gasteiger partial charge in [0.25, 0.3) is 0 Å². The van der Waals surface area contributed by atoms with E-state index in [1.807, 2.05) is 0 Å². The number of hydrogen-bond acceptors (Lipinski definition) is 2. The predicted octanol–water partition coefficient (Wildman–Crippen LogP) is 1.72. The summed E-state index contributed by atoms with van der Waals surface area (Å²) in [4.78, 5) is 12.6. The van der Waals surface area contributed by atoms with Crippen LogP contribution in [-0.2, 0) is 10.3 Å². The summed E-state index contributed by atoms with van der Waals surface area (Å²) in [5.41, 5.74) is 1.89. The van der Waals surface area contributed by atoms with Gasteiger partial charge in [0.2, 0.25) is 0 Å². The minimum atomic E-state index is -0.791. The molecule has 0 amide bonds. The van der Waals surface area contributed by atoms with Crippen LogP contribution in [0.5, 0.6) is 0 Å². The number of halogens is 1. The molecule has 2 aliphatic rings. The van der Waals surface area contributed by atoms with Gasteiger partial charge in [-0.25, -0.2) is 4.39 Å². The van der Waals surface area contributed by atoms with Gasteiger partial charge in [-0.2, -0.15) is 0 Å². The molecule has 0 radical (unpaired) electrons. The van der Waals surface area contributed by atoms with Crippen molar-refractivity contribution >= 4 is 11.7 Å². The summed E-state index contributed by atoms with van der Waals surface area (Å²) in [5, 5.41) is 8.62. The first-order valence-corrected chi connectivity index (χ1v) is 4.93. The SMILES string of the molecule is O=C(O)CCC12CN1c1ccc(F)cc12. The summed E-state index contributed by atoms with van der Waals surface area (Å²) in [7, 11) is 0. The van der Waals surface area contributed by atoms with Crippen molar-refractivity contribution in [1.29, 1.82) is 0 Å². The summed E-state index contributed by atoms with van der Waals surface area (Å²) in [6, 6.07) is 4.73. The maximum absolute atomic E-state index is 13.0. The van der Waals surface area contributed by atoms with Crippen LogP contribution in [0.4, 0.5) is 10.1 Å². The molecule has 78 valence electrons. The fourth-order valence-corrected chi connectivity index (χ4v) is 2.50. The number of fused-ring (bicyclic) bond motifs is 4. The van der Waals surface area contributed by atoms with Gasteiger partial charge >= 0.3 is 5.97 Å². The molecule has 0 aliphatic carbocycles. The van der Waals surface area contributed by atoms with E-state index in [1.54, 1.807) is 6.07 Å². The van der Waals surface area contributed by atoms with Crippen LogP contribution >= 0.6 is 0 Å². The lowest BCUT2D eigenvalue weighted by Crippen LogP contribution is -2.27. The van der Waals surface area contributed by atoms with Crippen LogP contribution in [-0.4, -0.2) is 17.6 Å². The van der Waals surface area contributed by atoms with Crippen molar-refractivity contribution in [3.63, 3.8) is 0 Å². The molecule has 3 rings (SSSR count). The van der Waals surface area contributed by atoms with Crippen molar-refractivity contribution in [3.8, 4) is 0 Å². The number of carboxylic acids is 1. The van der Waals surface area contributed by atoms with E-state index < -0.39 is 5.97 Å². The predicted molar refractivity (Wildman–Crippen MR) is 52.3 cm³/mol. The van der Waals surface area contributed by atoms with Gasteiger partial charge in [-0.15, -0.1) is 0 Å². The molecule has 1 fully saturated rings. The average molecular weight is 207 g/mol. The van der Waals surface area contributed by atoms with E-state index >= 15 is 0 Å². The van der Waals surface area contributed by atoms with Crippen LogP contribution in [0.1, 0.15) is 18.4 Å². The number of rotatable bonds is 3. The Hall–Kier alpha value is -1.58. The number of carbonyl (C=O) groups is 1. The van der Waals surface area contributed by atoms with Gasteiger partial charge in [0.05, 0.1) is 5.54 Å². The summed E-state index contributed by atoms with van der Waals surface area (Å²) in [6.45, 7) is 0.846.